The highest BCUT2D eigenvalue weighted by Gasteiger charge is 2.21. The van der Waals surface area contributed by atoms with Crippen LogP contribution in [0.3, 0.4) is 0 Å². The van der Waals surface area contributed by atoms with Gasteiger partial charge in [0, 0.05) is 33.3 Å². The molecule has 0 aromatic carbocycles. The van der Waals surface area contributed by atoms with Gasteiger partial charge in [-0.25, -0.2) is 0 Å². The fraction of sp³-hybridized carbons (Fsp3) is 0.944. The molecule has 6 heteroatoms. The summed E-state index contributed by atoms with van der Waals surface area (Å²) in [4.78, 5) is 6.92. The summed E-state index contributed by atoms with van der Waals surface area (Å²) in [5.74, 6) is 2.60. The van der Waals surface area contributed by atoms with Gasteiger partial charge in [0.2, 0.25) is 0 Å². The first-order valence-electron chi connectivity index (χ1n) is 9.39. The summed E-state index contributed by atoms with van der Waals surface area (Å²) < 4.78 is 5.17. The van der Waals surface area contributed by atoms with Crippen LogP contribution in [0, 0.1) is 11.8 Å². The van der Waals surface area contributed by atoms with Crippen LogP contribution >= 0.6 is 24.0 Å². The first-order valence-corrected chi connectivity index (χ1v) is 9.39. The third-order valence-electron chi connectivity index (χ3n) is 5.38. The number of nitrogens with zero attached hydrogens (tertiary/aromatic N) is 2. The van der Waals surface area contributed by atoms with Gasteiger partial charge in [0.15, 0.2) is 5.96 Å². The minimum Gasteiger partial charge on any atom is -0.383 e. The Labute approximate surface area is 165 Å². The molecule has 5 nitrogen and oxygen atoms in total. The lowest BCUT2D eigenvalue weighted by molar-refractivity contribution is 0.120. The highest BCUT2D eigenvalue weighted by molar-refractivity contribution is 14.0. The molecule has 0 amide bonds. The van der Waals surface area contributed by atoms with Crippen LogP contribution in [0.2, 0.25) is 0 Å². The van der Waals surface area contributed by atoms with Crippen LogP contribution in [0.4, 0.5) is 0 Å². The van der Waals surface area contributed by atoms with Crippen LogP contribution in [0.1, 0.15) is 45.4 Å². The van der Waals surface area contributed by atoms with Crippen molar-refractivity contribution < 1.29 is 4.74 Å². The Kier molecular flexibility index (Phi) is 11.3. The molecule has 1 heterocycles. The molecule has 0 aromatic rings. The molecule has 0 radical (unpaired) electrons. The Bertz CT molecular complexity index is 359. The van der Waals surface area contributed by atoms with Crippen molar-refractivity contribution in [2.75, 3.05) is 46.9 Å². The second-order valence-electron chi connectivity index (χ2n) is 7.34. The zero-order valence-corrected chi connectivity index (χ0v) is 18.1. The third kappa shape index (κ3) is 7.87. The van der Waals surface area contributed by atoms with E-state index in [0.29, 0.717) is 6.04 Å². The zero-order chi connectivity index (χ0) is 16.5. The van der Waals surface area contributed by atoms with Crippen LogP contribution in [-0.2, 0) is 4.74 Å². The molecule has 24 heavy (non-hydrogen) atoms. The number of halogens is 1. The first kappa shape index (κ1) is 22.0. The van der Waals surface area contributed by atoms with E-state index in [0.717, 1.165) is 37.5 Å². The maximum absolute atomic E-state index is 5.17. The van der Waals surface area contributed by atoms with Gasteiger partial charge in [-0.2, -0.15) is 0 Å². The second kappa shape index (κ2) is 12.3. The number of nitrogens with one attached hydrogen (secondary N) is 2. The molecule has 2 aliphatic rings. The number of ether oxygens (including phenoxy) is 1. The van der Waals surface area contributed by atoms with Crippen molar-refractivity contribution in [1.29, 1.82) is 0 Å². The first-order chi connectivity index (χ1) is 11.2. The summed E-state index contributed by atoms with van der Waals surface area (Å²) in [6.07, 6.45) is 7.82. The number of hydrogen-bond acceptors (Lipinski definition) is 3. The molecule has 142 valence electrons. The minimum atomic E-state index is 0. The van der Waals surface area contributed by atoms with Crippen LogP contribution in [0.5, 0.6) is 0 Å². The van der Waals surface area contributed by atoms with E-state index < -0.39 is 0 Å². The molecule has 1 saturated carbocycles. The highest BCUT2D eigenvalue weighted by Crippen LogP contribution is 2.23. The normalized spacial score (nSPS) is 26.7. The Morgan fingerprint density at radius 1 is 1.21 bits per heavy atom. The standard InChI is InChI=1S/C18H36N4O.HI/c1-15-5-4-6-17(13-15)21-18(19-2)20-14-16-7-9-22(10-8-16)11-12-23-3;/h15-17H,4-14H2,1-3H3,(H2,19,20,21);1H. The molecular formula is C18H37IN4O. The molecular weight excluding hydrogens is 415 g/mol. The molecule has 1 aliphatic heterocycles. The smallest absolute Gasteiger partial charge is 0.191 e. The van der Waals surface area contributed by atoms with Crippen LogP contribution < -0.4 is 10.6 Å². The van der Waals surface area contributed by atoms with E-state index in [1.54, 1.807) is 7.11 Å². The van der Waals surface area contributed by atoms with Gasteiger partial charge < -0.3 is 20.3 Å². The van der Waals surface area contributed by atoms with E-state index in [4.69, 9.17) is 4.74 Å². The molecule has 2 rings (SSSR count). The van der Waals surface area contributed by atoms with Gasteiger partial charge in [0.1, 0.15) is 0 Å². The number of aliphatic imine (C=N–C) groups is 1. The van der Waals surface area contributed by atoms with Crippen molar-refractivity contribution in [3.8, 4) is 0 Å². The Morgan fingerprint density at radius 3 is 2.58 bits per heavy atom. The lowest BCUT2D eigenvalue weighted by Crippen LogP contribution is -2.47. The van der Waals surface area contributed by atoms with Gasteiger partial charge >= 0.3 is 0 Å². The number of piperidine rings is 1. The lowest BCUT2D eigenvalue weighted by Gasteiger charge is -2.33. The topological polar surface area (TPSA) is 48.9 Å². The van der Waals surface area contributed by atoms with Crippen LogP contribution in [0.25, 0.3) is 0 Å². The second-order valence-corrected chi connectivity index (χ2v) is 7.34. The van der Waals surface area contributed by atoms with E-state index in [1.165, 1.54) is 51.6 Å². The van der Waals surface area contributed by atoms with Crippen molar-refractivity contribution in [3.05, 3.63) is 0 Å². The third-order valence-corrected chi connectivity index (χ3v) is 5.38. The molecule has 2 atom stereocenters. The van der Waals surface area contributed by atoms with E-state index in [1.807, 2.05) is 7.05 Å². The number of hydrogen-bond donors (Lipinski definition) is 2. The Hall–Kier alpha value is -0.0800. The molecule has 0 spiro atoms. The summed E-state index contributed by atoms with van der Waals surface area (Å²) in [6, 6.07) is 0.598. The largest absolute Gasteiger partial charge is 0.383 e. The van der Waals surface area contributed by atoms with Crippen molar-refractivity contribution in [1.82, 2.24) is 15.5 Å². The Morgan fingerprint density at radius 2 is 1.96 bits per heavy atom. The van der Waals surface area contributed by atoms with Crippen LogP contribution in [0.15, 0.2) is 4.99 Å². The summed E-state index contributed by atoms with van der Waals surface area (Å²) in [5, 5.41) is 7.18. The average molecular weight is 452 g/mol. The summed E-state index contributed by atoms with van der Waals surface area (Å²) >= 11 is 0. The molecule has 0 bridgehead atoms. The molecule has 2 unspecified atom stereocenters. The van der Waals surface area contributed by atoms with Gasteiger partial charge in [-0.15, -0.1) is 24.0 Å². The highest BCUT2D eigenvalue weighted by atomic mass is 127. The van der Waals surface area contributed by atoms with Gasteiger partial charge in [0.05, 0.1) is 6.61 Å². The van der Waals surface area contributed by atoms with Crippen LogP contribution in [-0.4, -0.2) is 63.8 Å². The summed E-state index contributed by atoms with van der Waals surface area (Å²) in [6.45, 7) is 7.71. The lowest BCUT2D eigenvalue weighted by atomic mass is 9.87. The number of methoxy groups -OCH3 is 1. The van der Waals surface area contributed by atoms with Crippen molar-refractivity contribution in [3.63, 3.8) is 0 Å². The van der Waals surface area contributed by atoms with Crippen molar-refractivity contribution in [2.24, 2.45) is 16.8 Å². The number of rotatable bonds is 6. The van der Waals surface area contributed by atoms with E-state index in [9.17, 15) is 0 Å². The molecule has 0 aromatic heterocycles. The van der Waals surface area contributed by atoms with E-state index in [-0.39, 0.29) is 24.0 Å². The van der Waals surface area contributed by atoms with Gasteiger partial charge in [0.25, 0.3) is 0 Å². The number of guanidine groups is 1. The van der Waals surface area contributed by atoms with Gasteiger partial charge in [-0.05, 0) is 50.6 Å². The molecule has 1 saturated heterocycles. The SMILES string of the molecule is CN=C(NCC1CCN(CCOC)CC1)NC1CCCC(C)C1.I. The molecule has 1 aliphatic carbocycles. The average Bonchev–Trinajstić information content (AvgIpc) is 2.57. The molecule has 2 N–H and O–H groups in total. The van der Waals surface area contributed by atoms with Gasteiger partial charge in [-0.3, -0.25) is 4.99 Å². The van der Waals surface area contributed by atoms with Crippen molar-refractivity contribution >= 4 is 29.9 Å². The fourth-order valence-corrected chi connectivity index (χ4v) is 3.83. The minimum absolute atomic E-state index is 0. The predicted octanol–water partition coefficient (Wildman–Crippen LogP) is 2.71. The van der Waals surface area contributed by atoms with E-state index >= 15 is 0 Å². The van der Waals surface area contributed by atoms with Gasteiger partial charge in [-0.1, -0.05) is 19.8 Å². The molecule has 2 fully saturated rings. The maximum Gasteiger partial charge on any atom is 0.191 e. The fourth-order valence-electron chi connectivity index (χ4n) is 3.83. The number of likely N-dealkylation sites (tertiary alicyclic amines) is 1. The van der Waals surface area contributed by atoms with Crippen molar-refractivity contribution in [2.45, 2.75) is 51.5 Å². The summed E-state index contributed by atoms with van der Waals surface area (Å²) in [7, 11) is 3.66. The quantitative estimate of drug-likeness (QED) is 0.370. The Balaban J connectivity index is 0.00000288. The van der Waals surface area contributed by atoms with E-state index in [2.05, 4.69) is 27.4 Å². The summed E-state index contributed by atoms with van der Waals surface area (Å²) in [5.41, 5.74) is 0. The maximum atomic E-state index is 5.17. The zero-order valence-electron chi connectivity index (χ0n) is 15.7. The predicted molar refractivity (Wildman–Crippen MR) is 112 cm³/mol. The monoisotopic (exact) mass is 452 g/mol.